The molecule has 0 aliphatic rings. The van der Waals surface area contributed by atoms with Crippen LogP contribution in [0.5, 0.6) is 0 Å². The topological polar surface area (TPSA) is 80.4 Å². The normalized spacial score (nSPS) is 13.3. The first-order chi connectivity index (χ1) is 8.92. The van der Waals surface area contributed by atoms with Gasteiger partial charge in [0.25, 0.3) is 10.1 Å². The molecular weight excluding hydrogens is 315 g/mol. The van der Waals surface area contributed by atoms with E-state index in [2.05, 4.69) is 0 Å². The number of aryl methyl sites for hydroxylation is 1. The molecule has 1 aromatic carbocycles. The molecule has 20 heavy (non-hydrogen) atoms. The molecular formula is C11H16F3NO3S2. The monoisotopic (exact) mass is 331 g/mol. The quantitative estimate of drug-likeness (QED) is 0.833. The van der Waals surface area contributed by atoms with Crippen molar-refractivity contribution in [3.8, 4) is 0 Å². The largest absolute Gasteiger partial charge is 0.441 e. The molecule has 0 bridgehead atoms. The zero-order valence-corrected chi connectivity index (χ0v) is 12.5. The number of benzene rings is 1. The molecule has 0 fully saturated rings. The van der Waals surface area contributed by atoms with Gasteiger partial charge in [-0.25, -0.2) is 0 Å². The molecule has 0 aliphatic carbocycles. The average molecular weight is 331 g/mol. The SMILES string of the molecule is CC(N)CSC(F)(F)F.Cc1ccc(S(=O)(=O)O)cc1. The number of rotatable bonds is 3. The van der Waals surface area contributed by atoms with Crippen molar-refractivity contribution in [2.24, 2.45) is 5.73 Å². The first-order valence-electron chi connectivity index (χ1n) is 5.42. The molecule has 0 heterocycles. The van der Waals surface area contributed by atoms with E-state index in [1.54, 1.807) is 19.1 Å². The van der Waals surface area contributed by atoms with Crippen molar-refractivity contribution in [2.75, 3.05) is 5.75 Å². The summed E-state index contributed by atoms with van der Waals surface area (Å²) in [4.78, 5) is -0.0666. The van der Waals surface area contributed by atoms with Crippen molar-refractivity contribution >= 4 is 21.9 Å². The fourth-order valence-corrected chi connectivity index (χ4v) is 1.87. The molecule has 0 aliphatic heterocycles. The Morgan fingerprint density at radius 3 is 2.00 bits per heavy atom. The van der Waals surface area contributed by atoms with Gasteiger partial charge in [-0.2, -0.15) is 21.6 Å². The van der Waals surface area contributed by atoms with Crippen molar-refractivity contribution in [2.45, 2.75) is 30.3 Å². The third-order valence-corrected chi connectivity index (χ3v) is 3.72. The molecule has 4 nitrogen and oxygen atoms in total. The summed E-state index contributed by atoms with van der Waals surface area (Å²) in [6.45, 7) is 3.38. The first-order valence-corrected chi connectivity index (χ1v) is 7.85. The lowest BCUT2D eigenvalue weighted by Crippen LogP contribution is -2.20. The number of alkyl halides is 3. The van der Waals surface area contributed by atoms with Gasteiger partial charge >= 0.3 is 5.51 Å². The number of hydrogen-bond acceptors (Lipinski definition) is 4. The van der Waals surface area contributed by atoms with E-state index >= 15 is 0 Å². The lowest BCUT2D eigenvalue weighted by molar-refractivity contribution is -0.0328. The molecule has 1 unspecified atom stereocenters. The summed E-state index contributed by atoms with van der Waals surface area (Å²) in [6.07, 6.45) is 0. The molecule has 1 atom stereocenters. The zero-order valence-electron chi connectivity index (χ0n) is 10.9. The second-order valence-corrected chi connectivity index (χ2v) is 6.53. The van der Waals surface area contributed by atoms with E-state index in [9.17, 15) is 21.6 Å². The van der Waals surface area contributed by atoms with E-state index < -0.39 is 21.7 Å². The van der Waals surface area contributed by atoms with Crippen LogP contribution < -0.4 is 5.73 Å². The molecule has 0 radical (unpaired) electrons. The van der Waals surface area contributed by atoms with Gasteiger partial charge in [0.15, 0.2) is 0 Å². The smallest absolute Gasteiger partial charge is 0.327 e. The molecule has 0 spiro atoms. The highest BCUT2D eigenvalue weighted by molar-refractivity contribution is 8.00. The Balaban J connectivity index is 0.000000370. The van der Waals surface area contributed by atoms with E-state index in [4.69, 9.17) is 10.3 Å². The van der Waals surface area contributed by atoms with Crippen LogP contribution in [-0.2, 0) is 10.1 Å². The predicted octanol–water partition coefficient (Wildman–Crippen LogP) is 2.83. The molecule has 3 N–H and O–H groups in total. The Labute approximate surface area is 120 Å². The predicted molar refractivity (Wildman–Crippen MR) is 73.2 cm³/mol. The fourth-order valence-electron chi connectivity index (χ4n) is 0.936. The van der Waals surface area contributed by atoms with E-state index in [1.165, 1.54) is 12.1 Å². The van der Waals surface area contributed by atoms with Gasteiger partial charge in [0, 0.05) is 11.8 Å². The molecule has 9 heteroatoms. The van der Waals surface area contributed by atoms with Crippen LogP contribution >= 0.6 is 11.8 Å². The Hall–Kier alpha value is -0.770. The van der Waals surface area contributed by atoms with Crippen LogP contribution in [0.25, 0.3) is 0 Å². The summed E-state index contributed by atoms with van der Waals surface area (Å²) >= 11 is -0.0833. The van der Waals surface area contributed by atoms with Gasteiger partial charge in [-0.1, -0.05) is 17.7 Å². The van der Waals surface area contributed by atoms with Gasteiger partial charge in [-0.3, -0.25) is 4.55 Å². The molecule has 1 rings (SSSR count). The van der Waals surface area contributed by atoms with Crippen LogP contribution in [0.15, 0.2) is 29.2 Å². The lowest BCUT2D eigenvalue weighted by Gasteiger charge is -2.06. The Morgan fingerprint density at radius 1 is 1.30 bits per heavy atom. The third kappa shape index (κ3) is 10.1. The number of hydrogen-bond donors (Lipinski definition) is 2. The average Bonchev–Trinajstić information content (AvgIpc) is 2.26. The fraction of sp³-hybridized carbons (Fsp3) is 0.455. The summed E-state index contributed by atoms with van der Waals surface area (Å²) in [7, 11) is -4.02. The molecule has 0 saturated heterocycles. The van der Waals surface area contributed by atoms with Gasteiger partial charge < -0.3 is 5.73 Å². The minimum Gasteiger partial charge on any atom is -0.327 e. The van der Waals surface area contributed by atoms with Gasteiger partial charge in [-0.05, 0) is 37.7 Å². The highest BCUT2D eigenvalue weighted by Crippen LogP contribution is 2.29. The summed E-state index contributed by atoms with van der Waals surface area (Å²) in [5.74, 6) is -0.0660. The van der Waals surface area contributed by atoms with Crippen LogP contribution in [0, 0.1) is 6.92 Å². The highest BCUT2D eigenvalue weighted by Gasteiger charge is 2.27. The third-order valence-electron chi connectivity index (χ3n) is 1.83. The molecule has 0 amide bonds. The molecule has 0 aromatic heterocycles. The van der Waals surface area contributed by atoms with Gasteiger partial charge in [0.05, 0.1) is 4.90 Å². The Morgan fingerprint density at radius 2 is 1.75 bits per heavy atom. The summed E-state index contributed by atoms with van der Waals surface area (Å²) in [6, 6.07) is 5.60. The Kier molecular flexibility index (Phi) is 7.56. The van der Waals surface area contributed by atoms with Crippen molar-refractivity contribution in [1.29, 1.82) is 0 Å². The minimum atomic E-state index is -4.13. The van der Waals surface area contributed by atoms with E-state index in [0.29, 0.717) is 0 Å². The standard InChI is InChI=1S/C7H8O3S.C4H8F3NS/c1-6-2-4-7(5-3-6)11(8,9)10;1-3(8)2-9-4(5,6)7/h2-5H,1H3,(H,8,9,10);3H,2,8H2,1H3. The first kappa shape index (κ1) is 19.2. The number of thioether (sulfide) groups is 1. The maximum atomic E-state index is 11.3. The maximum Gasteiger partial charge on any atom is 0.441 e. The van der Waals surface area contributed by atoms with Crippen molar-refractivity contribution < 1.29 is 26.1 Å². The second-order valence-electron chi connectivity index (χ2n) is 4.02. The highest BCUT2D eigenvalue weighted by atomic mass is 32.2. The number of nitrogens with two attached hydrogens (primary N) is 1. The maximum absolute atomic E-state index is 11.3. The second kappa shape index (κ2) is 7.87. The molecule has 0 saturated carbocycles. The zero-order chi connectivity index (χ0) is 16.0. The van der Waals surface area contributed by atoms with E-state index in [-0.39, 0.29) is 22.4 Å². The van der Waals surface area contributed by atoms with E-state index in [1.807, 2.05) is 6.92 Å². The molecule has 116 valence electrons. The summed E-state index contributed by atoms with van der Waals surface area (Å²) in [5, 5.41) is 0. The van der Waals surface area contributed by atoms with Crippen molar-refractivity contribution in [3.05, 3.63) is 29.8 Å². The van der Waals surface area contributed by atoms with Crippen LogP contribution in [0.4, 0.5) is 13.2 Å². The van der Waals surface area contributed by atoms with Crippen LogP contribution in [0.1, 0.15) is 12.5 Å². The van der Waals surface area contributed by atoms with Gasteiger partial charge in [0.1, 0.15) is 0 Å². The van der Waals surface area contributed by atoms with Crippen molar-refractivity contribution in [3.63, 3.8) is 0 Å². The van der Waals surface area contributed by atoms with E-state index in [0.717, 1.165) is 5.56 Å². The van der Waals surface area contributed by atoms with Crippen LogP contribution in [0.3, 0.4) is 0 Å². The minimum absolute atomic E-state index is 0.0660. The van der Waals surface area contributed by atoms with Crippen molar-refractivity contribution in [1.82, 2.24) is 0 Å². The summed E-state index contributed by atoms with van der Waals surface area (Å²) in [5.41, 5.74) is 1.90. The molecule has 1 aromatic rings. The Bertz CT molecular complexity index is 499. The van der Waals surface area contributed by atoms with Gasteiger partial charge in [0.2, 0.25) is 0 Å². The summed E-state index contributed by atoms with van der Waals surface area (Å²) < 4.78 is 63.5. The lowest BCUT2D eigenvalue weighted by atomic mass is 10.2. The van der Waals surface area contributed by atoms with Crippen LogP contribution in [-0.4, -0.2) is 30.3 Å². The number of halogens is 3. The van der Waals surface area contributed by atoms with Gasteiger partial charge in [-0.15, -0.1) is 0 Å². The van der Waals surface area contributed by atoms with Crippen LogP contribution in [0.2, 0.25) is 0 Å².